The molecule has 0 N–H and O–H groups in total. The number of sulfone groups is 1. The van der Waals surface area contributed by atoms with Gasteiger partial charge in [0.15, 0.2) is 9.84 Å². The fraction of sp³-hybridized carbons (Fsp3) is 0.714. The third-order valence-electron chi connectivity index (χ3n) is 6.25. The molecule has 2 fully saturated rings. The highest BCUT2D eigenvalue weighted by molar-refractivity contribution is 7.90. The van der Waals surface area contributed by atoms with Gasteiger partial charge in [0.25, 0.3) is 5.92 Å². The number of hydrogen-bond donors (Lipinski definition) is 0. The fourth-order valence-corrected chi connectivity index (χ4v) is 5.09. The average Bonchev–Trinajstić information content (AvgIpc) is 3.40. The van der Waals surface area contributed by atoms with Gasteiger partial charge < -0.3 is 4.74 Å². The van der Waals surface area contributed by atoms with E-state index in [-0.39, 0.29) is 17.9 Å². The predicted octanol–water partition coefficient (Wildman–Crippen LogP) is 4.39. The Bertz CT molecular complexity index is 807. The molecule has 0 amide bonds. The maximum Gasteiger partial charge on any atom is 0.260 e. The molecule has 2 atom stereocenters. The summed E-state index contributed by atoms with van der Waals surface area (Å²) < 4.78 is 69.5. The molecule has 29 heavy (non-hydrogen) atoms. The number of ether oxygens (including phenoxy) is 1. The van der Waals surface area contributed by atoms with Crippen LogP contribution in [0.15, 0.2) is 23.1 Å². The molecule has 1 aromatic rings. The van der Waals surface area contributed by atoms with Gasteiger partial charge in [0, 0.05) is 18.7 Å². The second-order valence-corrected chi connectivity index (χ2v) is 10.5. The molecule has 0 aromatic heterocycles. The van der Waals surface area contributed by atoms with Crippen LogP contribution in [0, 0.1) is 23.6 Å². The Morgan fingerprint density at radius 1 is 1.24 bits per heavy atom. The summed E-state index contributed by atoms with van der Waals surface area (Å²) in [6.07, 6.45) is 4.81. The zero-order chi connectivity index (χ0) is 21.2. The number of piperidine rings is 1. The summed E-state index contributed by atoms with van der Waals surface area (Å²) >= 11 is 0. The lowest BCUT2D eigenvalue weighted by Gasteiger charge is -2.34. The minimum atomic E-state index is -3.59. The molecule has 0 spiro atoms. The van der Waals surface area contributed by atoms with E-state index >= 15 is 0 Å². The Hall–Kier alpha value is -1.28. The van der Waals surface area contributed by atoms with Crippen molar-refractivity contribution < 1.29 is 26.3 Å². The first-order valence-electron chi connectivity index (χ1n) is 10.3. The maximum atomic E-state index is 13.9. The van der Waals surface area contributed by atoms with Crippen LogP contribution in [-0.2, 0) is 9.84 Å². The summed E-state index contributed by atoms with van der Waals surface area (Å²) in [5.41, 5.74) is 0. The molecule has 1 aliphatic carbocycles. The Balaban J connectivity index is 1.38. The van der Waals surface area contributed by atoms with Crippen molar-refractivity contribution in [2.75, 3.05) is 32.5 Å². The van der Waals surface area contributed by atoms with Crippen LogP contribution >= 0.6 is 0 Å². The SMILES string of the molecule is CCC(F)(F)CN1CCC([C@H]2C[C@H]2CCOc2ccc(S(C)(=O)=O)c(F)c2)CC1. The van der Waals surface area contributed by atoms with E-state index in [9.17, 15) is 21.6 Å². The second-order valence-electron chi connectivity index (χ2n) is 8.48. The van der Waals surface area contributed by atoms with E-state index in [1.54, 1.807) is 0 Å². The molecule has 164 valence electrons. The van der Waals surface area contributed by atoms with Crippen molar-refractivity contribution in [3.8, 4) is 5.75 Å². The van der Waals surface area contributed by atoms with Crippen LogP contribution in [0.1, 0.15) is 39.0 Å². The lowest BCUT2D eigenvalue weighted by molar-refractivity contribution is -0.0424. The number of rotatable bonds is 9. The summed E-state index contributed by atoms with van der Waals surface area (Å²) in [7, 11) is -3.59. The van der Waals surface area contributed by atoms with Crippen molar-refractivity contribution in [2.45, 2.75) is 49.8 Å². The van der Waals surface area contributed by atoms with Crippen molar-refractivity contribution in [1.29, 1.82) is 0 Å². The Morgan fingerprint density at radius 3 is 2.52 bits per heavy atom. The normalized spacial score (nSPS) is 23.9. The van der Waals surface area contributed by atoms with Crippen LogP contribution in [0.4, 0.5) is 13.2 Å². The molecule has 1 saturated heterocycles. The summed E-state index contributed by atoms with van der Waals surface area (Å²) in [4.78, 5) is 1.56. The number of nitrogens with zero attached hydrogens (tertiary/aromatic N) is 1. The van der Waals surface area contributed by atoms with Gasteiger partial charge in [0.1, 0.15) is 16.5 Å². The highest BCUT2D eigenvalue weighted by atomic mass is 32.2. The third kappa shape index (κ3) is 6.10. The Morgan fingerprint density at radius 2 is 1.93 bits per heavy atom. The van der Waals surface area contributed by atoms with Crippen molar-refractivity contribution in [2.24, 2.45) is 17.8 Å². The van der Waals surface area contributed by atoms with Gasteiger partial charge >= 0.3 is 0 Å². The fourth-order valence-electron chi connectivity index (χ4n) is 4.36. The molecule has 0 unspecified atom stereocenters. The van der Waals surface area contributed by atoms with Crippen LogP contribution < -0.4 is 4.74 Å². The first kappa shape index (κ1) is 22.4. The molecule has 2 aliphatic rings. The number of likely N-dealkylation sites (tertiary alicyclic amines) is 1. The van der Waals surface area contributed by atoms with Gasteiger partial charge in [-0.25, -0.2) is 21.6 Å². The highest BCUT2D eigenvalue weighted by Gasteiger charge is 2.43. The zero-order valence-electron chi connectivity index (χ0n) is 17.0. The summed E-state index contributed by atoms with van der Waals surface area (Å²) in [6.45, 7) is 3.34. The van der Waals surface area contributed by atoms with Gasteiger partial charge in [-0.3, -0.25) is 4.90 Å². The lowest BCUT2D eigenvalue weighted by Crippen LogP contribution is -2.41. The van der Waals surface area contributed by atoms with Gasteiger partial charge in [0.2, 0.25) is 0 Å². The van der Waals surface area contributed by atoms with Gasteiger partial charge in [-0.05, 0) is 68.7 Å². The van der Waals surface area contributed by atoms with E-state index in [1.807, 2.05) is 4.90 Å². The molecule has 1 aromatic carbocycles. The van der Waals surface area contributed by atoms with Crippen LogP contribution in [0.3, 0.4) is 0 Å². The quantitative estimate of drug-likeness (QED) is 0.580. The molecule has 3 rings (SSSR count). The molecule has 8 heteroatoms. The monoisotopic (exact) mass is 433 g/mol. The first-order valence-corrected chi connectivity index (χ1v) is 12.2. The van der Waals surface area contributed by atoms with Crippen LogP contribution in [0.5, 0.6) is 5.75 Å². The summed E-state index contributed by atoms with van der Waals surface area (Å²) in [5.74, 6) is -1.25. The van der Waals surface area contributed by atoms with Gasteiger partial charge in [0.05, 0.1) is 13.2 Å². The molecule has 0 radical (unpaired) electrons. The van der Waals surface area contributed by atoms with E-state index in [2.05, 4.69) is 0 Å². The van der Waals surface area contributed by atoms with E-state index < -0.39 is 21.6 Å². The van der Waals surface area contributed by atoms with E-state index in [0.29, 0.717) is 30.1 Å². The minimum Gasteiger partial charge on any atom is -0.493 e. The number of benzene rings is 1. The predicted molar refractivity (Wildman–Crippen MR) is 106 cm³/mol. The van der Waals surface area contributed by atoms with Crippen LogP contribution in [-0.4, -0.2) is 51.7 Å². The van der Waals surface area contributed by atoms with Crippen molar-refractivity contribution in [3.63, 3.8) is 0 Å². The van der Waals surface area contributed by atoms with E-state index in [0.717, 1.165) is 51.1 Å². The first-order chi connectivity index (χ1) is 13.6. The largest absolute Gasteiger partial charge is 0.493 e. The average molecular weight is 434 g/mol. The van der Waals surface area contributed by atoms with Gasteiger partial charge in [-0.1, -0.05) is 6.92 Å². The molecular formula is C21H30F3NO3S. The number of hydrogen-bond acceptors (Lipinski definition) is 4. The number of alkyl halides is 2. The molecular weight excluding hydrogens is 403 g/mol. The summed E-state index contributed by atoms with van der Waals surface area (Å²) in [6, 6.07) is 3.82. The van der Waals surface area contributed by atoms with E-state index in [4.69, 9.17) is 4.74 Å². The van der Waals surface area contributed by atoms with Crippen molar-refractivity contribution in [1.82, 2.24) is 4.90 Å². The molecule has 1 aliphatic heterocycles. The molecule has 1 heterocycles. The Labute approximate surface area is 171 Å². The second kappa shape index (κ2) is 8.84. The topological polar surface area (TPSA) is 46.6 Å². The zero-order valence-corrected chi connectivity index (χ0v) is 17.9. The number of halogens is 3. The molecule has 4 nitrogen and oxygen atoms in total. The van der Waals surface area contributed by atoms with Crippen LogP contribution in [0.2, 0.25) is 0 Å². The van der Waals surface area contributed by atoms with E-state index in [1.165, 1.54) is 19.1 Å². The standard InChI is InChI=1S/C21H30F3NO3S/c1-3-21(23,24)14-25-9-6-15(7-10-25)18-12-16(18)8-11-28-17-4-5-20(19(22)13-17)29(2,26)27/h4-5,13,15-16,18H,3,6-12,14H2,1-2H3/t16-,18-/m1/s1. The van der Waals surface area contributed by atoms with Gasteiger partial charge in [-0.15, -0.1) is 0 Å². The molecule has 1 saturated carbocycles. The summed E-state index contributed by atoms with van der Waals surface area (Å²) in [5, 5.41) is 0. The smallest absolute Gasteiger partial charge is 0.260 e. The molecule has 0 bridgehead atoms. The minimum absolute atomic E-state index is 0.113. The lowest BCUT2D eigenvalue weighted by atomic mass is 9.90. The van der Waals surface area contributed by atoms with Crippen molar-refractivity contribution in [3.05, 3.63) is 24.0 Å². The van der Waals surface area contributed by atoms with Crippen molar-refractivity contribution >= 4 is 9.84 Å². The third-order valence-corrected chi connectivity index (χ3v) is 7.38. The van der Waals surface area contributed by atoms with Crippen LogP contribution in [0.25, 0.3) is 0 Å². The highest BCUT2D eigenvalue weighted by Crippen LogP contribution is 2.49. The van der Waals surface area contributed by atoms with Gasteiger partial charge in [-0.2, -0.15) is 0 Å². The maximum absolute atomic E-state index is 13.9. The Kier molecular flexibility index (Phi) is 6.83.